The van der Waals surface area contributed by atoms with Crippen LogP contribution in [0.1, 0.15) is 45.6 Å². The summed E-state index contributed by atoms with van der Waals surface area (Å²) in [6.07, 6.45) is 3.95. The number of hydrogen-bond donors (Lipinski definition) is 1. The molecule has 1 aliphatic rings. The van der Waals surface area contributed by atoms with Gasteiger partial charge in [-0.3, -0.25) is 0 Å². The Labute approximate surface area is 122 Å². The minimum atomic E-state index is 0.131. The lowest BCUT2D eigenvalue weighted by molar-refractivity contribution is 0.398. The van der Waals surface area contributed by atoms with Gasteiger partial charge in [-0.2, -0.15) is 0 Å². The summed E-state index contributed by atoms with van der Waals surface area (Å²) < 4.78 is 0. The number of nitrogens with zero attached hydrogens (tertiary/aromatic N) is 1. The summed E-state index contributed by atoms with van der Waals surface area (Å²) in [7, 11) is 2.19. The van der Waals surface area contributed by atoms with Gasteiger partial charge in [0.15, 0.2) is 0 Å². The summed E-state index contributed by atoms with van der Waals surface area (Å²) in [5, 5.41) is 4.38. The van der Waals surface area contributed by atoms with E-state index in [0.29, 0.717) is 6.04 Å². The van der Waals surface area contributed by atoms with Crippen LogP contribution in [-0.4, -0.2) is 18.6 Å². The molecule has 2 rings (SSSR count). The van der Waals surface area contributed by atoms with Crippen LogP contribution in [0.2, 0.25) is 5.02 Å². The molecule has 106 valence electrons. The van der Waals surface area contributed by atoms with Gasteiger partial charge < -0.3 is 10.2 Å². The Morgan fingerprint density at radius 1 is 1.32 bits per heavy atom. The molecule has 0 heterocycles. The van der Waals surface area contributed by atoms with Gasteiger partial charge in [0.2, 0.25) is 0 Å². The van der Waals surface area contributed by atoms with Gasteiger partial charge in [0.05, 0.1) is 0 Å². The van der Waals surface area contributed by atoms with Crippen molar-refractivity contribution < 1.29 is 0 Å². The molecule has 1 N–H and O–H groups in total. The molecule has 2 nitrogen and oxygen atoms in total. The second-order valence-electron chi connectivity index (χ2n) is 6.57. The molecule has 0 amide bonds. The van der Waals surface area contributed by atoms with Crippen molar-refractivity contribution in [2.75, 3.05) is 11.9 Å². The molecule has 19 heavy (non-hydrogen) atoms. The predicted octanol–water partition coefficient (Wildman–Crippen LogP) is 4.22. The van der Waals surface area contributed by atoms with Crippen molar-refractivity contribution in [3.05, 3.63) is 28.8 Å². The fourth-order valence-electron chi connectivity index (χ4n) is 2.35. The highest BCUT2D eigenvalue weighted by Crippen LogP contribution is 2.32. The van der Waals surface area contributed by atoms with E-state index in [2.05, 4.69) is 50.2 Å². The highest BCUT2D eigenvalue weighted by molar-refractivity contribution is 6.30. The van der Waals surface area contributed by atoms with E-state index in [1.807, 2.05) is 6.07 Å². The highest BCUT2D eigenvalue weighted by atomic mass is 35.5. The molecule has 0 unspecified atom stereocenters. The molecule has 1 saturated carbocycles. The topological polar surface area (TPSA) is 15.3 Å². The average molecular weight is 281 g/mol. The Hall–Kier alpha value is -0.730. The first-order valence-corrected chi connectivity index (χ1v) is 7.51. The van der Waals surface area contributed by atoms with Crippen molar-refractivity contribution in [3.8, 4) is 0 Å². The molecule has 0 radical (unpaired) electrons. The van der Waals surface area contributed by atoms with Crippen LogP contribution in [-0.2, 0) is 6.54 Å². The fourth-order valence-corrected chi connectivity index (χ4v) is 2.51. The molecule has 0 saturated heterocycles. The Morgan fingerprint density at radius 2 is 2.00 bits per heavy atom. The summed E-state index contributed by atoms with van der Waals surface area (Å²) in [5.41, 5.74) is 2.73. The summed E-state index contributed by atoms with van der Waals surface area (Å²) >= 11 is 6.17. The van der Waals surface area contributed by atoms with Gasteiger partial charge in [0, 0.05) is 35.9 Å². The Bertz CT molecular complexity index is 433. The van der Waals surface area contributed by atoms with E-state index in [9.17, 15) is 0 Å². The maximum atomic E-state index is 6.17. The lowest BCUT2D eigenvalue weighted by Crippen LogP contribution is -2.39. The normalized spacial score (nSPS) is 16.3. The molecule has 1 aromatic carbocycles. The third kappa shape index (κ3) is 3.87. The minimum absolute atomic E-state index is 0.131. The predicted molar refractivity (Wildman–Crippen MR) is 84.1 cm³/mol. The molecule has 0 spiro atoms. The van der Waals surface area contributed by atoms with E-state index >= 15 is 0 Å². The summed E-state index contributed by atoms with van der Waals surface area (Å²) in [5.74, 6) is 0. The van der Waals surface area contributed by atoms with E-state index in [4.69, 9.17) is 11.6 Å². The van der Waals surface area contributed by atoms with Crippen LogP contribution in [0, 0.1) is 0 Å². The fraction of sp³-hybridized carbons (Fsp3) is 0.625. The van der Waals surface area contributed by atoms with Crippen molar-refractivity contribution in [2.45, 2.75) is 58.2 Å². The largest absolute Gasteiger partial charge is 0.371 e. The van der Waals surface area contributed by atoms with Crippen LogP contribution in [0.15, 0.2) is 18.2 Å². The van der Waals surface area contributed by atoms with Gasteiger partial charge in [-0.25, -0.2) is 0 Å². The summed E-state index contributed by atoms with van der Waals surface area (Å²) in [6, 6.07) is 6.91. The monoisotopic (exact) mass is 280 g/mol. The SMILES string of the molecule is CN(c1cc(Cl)ccc1CNC(C)(C)C)C1CCC1. The molecule has 3 heteroatoms. The number of benzene rings is 1. The first-order valence-electron chi connectivity index (χ1n) is 7.13. The zero-order chi connectivity index (χ0) is 14.0. The molecule has 0 aliphatic heterocycles. The van der Waals surface area contributed by atoms with Crippen molar-refractivity contribution in [1.29, 1.82) is 0 Å². The smallest absolute Gasteiger partial charge is 0.0426 e. The van der Waals surface area contributed by atoms with Gasteiger partial charge in [-0.1, -0.05) is 17.7 Å². The third-order valence-electron chi connectivity index (χ3n) is 3.86. The number of anilines is 1. The molecule has 1 aromatic rings. The number of nitrogens with one attached hydrogen (secondary N) is 1. The molecular weight excluding hydrogens is 256 g/mol. The van der Waals surface area contributed by atoms with Crippen LogP contribution < -0.4 is 10.2 Å². The Kier molecular flexibility index (Phi) is 4.42. The van der Waals surface area contributed by atoms with Crippen molar-refractivity contribution in [3.63, 3.8) is 0 Å². The maximum Gasteiger partial charge on any atom is 0.0426 e. The van der Waals surface area contributed by atoms with Crippen molar-refractivity contribution in [2.24, 2.45) is 0 Å². The summed E-state index contributed by atoms with van der Waals surface area (Å²) in [6.45, 7) is 7.46. The lowest BCUT2D eigenvalue weighted by atomic mass is 9.91. The lowest BCUT2D eigenvalue weighted by Gasteiger charge is -2.37. The van der Waals surface area contributed by atoms with Gasteiger partial charge >= 0.3 is 0 Å². The third-order valence-corrected chi connectivity index (χ3v) is 4.09. The van der Waals surface area contributed by atoms with Crippen LogP contribution in [0.3, 0.4) is 0 Å². The van der Waals surface area contributed by atoms with E-state index in [1.165, 1.54) is 30.5 Å². The first kappa shape index (κ1) is 14.7. The quantitative estimate of drug-likeness (QED) is 0.888. The van der Waals surface area contributed by atoms with Crippen molar-refractivity contribution >= 4 is 17.3 Å². The van der Waals surface area contributed by atoms with Gasteiger partial charge in [0.25, 0.3) is 0 Å². The molecule has 0 aromatic heterocycles. The number of hydrogen-bond acceptors (Lipinski definition) is 2. The van der Waals surface area contributed by atoms with Gasteiger partial charge in [-0.15, -0.1) is 0 Å². The van der Waals surface area contributed by atoms with E-state index < -0.39 is 0 Å². The highest BCUT2D eigenvalue weighted by Gasteiger charge is 2.24. The molecule has 1 aliphatic carbocycles. The van der Waals surface area contributed by atoms with E-state index in [-0.39, 0.29) is 5.54 Å². The van der Waals surface area contributed by atoms with Crippen LogP contribution in [0.4, 0.5) is 5.69 Å². The van der Waals surface area contributed by atoms with E-state index in [0.717, 1.165) is 11.6 Å². The molecule has 0 atom stereocenters. The maximum absolute atomic E-state index is 6.17. The van der Waals surface area contributed by atoms with Gasteiger partial charge in [0.1, 0.15) is 0 Å². The standard InChI is InChI=1S/C16H25ClN2/c1-16(2,3)18-11-12-8-9-13(17)10-15(12)19(4)14-6-5-7-14/h8-10,14,18H,5-7,11H2,1-4H3. The number of rotatable bonds is 4. The van der Waals surface area contributed by atoms with Crippen LogP contribution >= 0.6 is 11.6 Å². The summed E-state index contributed by atoms with van der Waals surface area (Å²) in [4.78, 5) is 2.40. The van der Waals surface area contributed by atoms with Crippen molar-refractivity contribution in [1.82, 2.24) is 5.32 Å². The van der Waals surface area contributed by atoms with Crippen LogP contribution in [0.25, 0.3) is 0 Å². The minimum Gasteiger partial charge on any atom is -0.371 e. The average Bonchev–Trinajstić information content (AvgIpc) is 2.23. The van der Waals surface area contributed by atoms with Crippen LogP contribution in [0.5, 0.6) is 0 Å². The van der Waals surface area contributed by atoms with E-state index in [1.54, 1.807) is 0 Å². The molecule has 1 fully saturated rings. The number of halogens is 1. The molecular formula is C16H25ClN2. The second-order valence-corrected chi connectivity index (χ2v) is 7.01. The molecule has 0 bridgehead atoms. The zero-order valence-electron chi connectivity index (χ0n) is 12.5. The first-order chi connectivity index (χ1) is 8.87. The Balaban J connectivity index is 2.17. The van der Waals surface area contributed by atoms with Gasteiger partial charge in [-0.05, 0) is 57.7 Å². The zero-order valence-corrected chi connectivity index (χ0v) is 13.2. The second kappa shape index (κ2) is 5.72. The Morgan fingerprint density at radius 3 is 2.53 bits per heavy atom.